The van der Waals surface area contributed by atoms with Gasteiger partial charge in [0.1, 0.15) is 5.75 Å². The van der Waals surface area contributed by atoms with E-state index in [1.54, 1.807) is 23.0 Å². The van der Waals surface area contributed by atoms with E-state index in [1.807, 2.05) is 43.5 Å². The number of carbonyl (C=O) groups is 1. The van der Waals surface area contributed by atoms with E-state index < -0.39 is 10.0 Å². The fraction of sp³-hybridized carbons (Fsp3) is 0.273. The largest absolute Gasteiger partial charge is 0.494 e. The Kier molecular flexibility index (Phi) is 7.80. The van der Waals surface area contributed by atoms with Gasteiger partial charge in [0.05, 0.1) is 23.4 Å². The summed E-state index contributed by atoms with van der Waals surface area (Å²) in [5.74, 6) is 0.389. The second kappa shape index (κ2) is 10.7. The second-order valence-electron chi connectivity index (χ2n) is 6.78. The lowest BCUT2D eigenvalue weighted by molar-refractivity contribution is -0.120. The van der Waals surface area contributed by atoms with Gasteiger partial charge >= 0.3 is 0 Å². The maximum Gasteiger partial charge on any atom is 0.240 e. The summed E-state index contributed by atoms with van der Waals surface area (Å²) in [5.41, 5.74) is 1.97. The highest BCUT2D eigenvalue weighted by Crippen LogP contribution is 2.15. The molecule has 0 saturated heterocycles. The van der Waals surface area contributed by atoms with Crippen molar-refractivity contribution >= 4 is 15.9 Å². The van der Waals surface area contributed by atoms with Gasteiger partial charge in [0, 0.05) is 25.7 Å². The van der Waals surface area contributed by atoms with E-state index in [0.717, 1.165) is 11.3 Å². The molecule has 0 radical (unpaired) electrons. The highest BCUT2D eigenvalue weighted by Gasteiger charge is 2.14. The molecule has 0 aliphatic rings. The fourth-order valence-electron chi connectivity index (χ4n) is 2.91. The summed E-state index contributed by atoms with van der Waals surface area (Å²) in [7, 11) is -3.67. The average molecular weight is 443 g/mol. The Balaban J connectivity index is 1.39. The molecule has 3 rings (SSSR count). The third-order valence-corrected chi connectivity index (χ3v) is 5.96. The van der Waals surface area contributed by atoms with Crippen molar-refractivity contribution in [3.63, 3.8) is 0 Å². The summed E-state index contributed by atoms with van der Waals surface area (Å²) in [4.78, 5) is 12.1. The van der Waals surface area contributed by atoms with Gasteiger partial charge in [-0.05, 0) is 55.3 Å². The lowest BCUT2D eigenvalue weighted by Crippen LogP contribution is -2.31. The Labute approximate surface area is 182 Å². The van der Waals surface area contributed by atoms with Crippen molar-refractivity contribution < 1.29 is 17.9 Å². The molecule has 1 aromatic heterocycles. The molecule has 0 unspecified atom stereocenters. The molecule has 2 N–H and O–H groups in total. The van der Waals surface area contributed by atoms with E-state index in [4.69, 9.17) is 4.74 Å². The van der Waals surface area contributed by atoms with Gasteiger partial charge in [-0.25, -0.2) is 17.8 Å². The molecule has 8 nitrogen and oxygen atoms in total. The van der Waals surface area contributed by atoms with Crippen molar-refractivity contribution in [2.24, 2.45) is 0 Å². The third-order valence-electron chi connectivity index (χ3n) is 4.48. The van der Waals surface area contributed by atoms with Gasteiger partial charge in [0.2, 0.25) is 15.9 Å². The minimum Gasteiger partial charge on any atom is -0.494 e. The summed E-state index contributed by atoms with van der Waals surface area (Å²) in [6, 6.07) is 15.9. The van der Waals surface area contributed by atoms with Crippen LogP contribution in [0.3, 0.4) is 0 Å². The molecule has 0 spiro atoms. The fourth-order valence-corrected chi connectivity index (χ4v) is 3.94. The van der Waals surface area contributed by atoms with Crippen LogP contribution in [0.5, 0.6) is 5.75 Å². The van der Waals surface area contributed by atoms with Crippen LogP contribution in [0.15, 0.2) is 71.9 Å². The number of nitrogens with one attached hydrogen (secondary N) is 2. The van der Waals surface area contributed by atoms with Crippen LogP contribution in [0.25, 0.3) is 5.69 Å². The maximum absolute atomic E-state index is 12.3. The number of rotatable bonds is 11. The molecule has 0 fully saturated rings. The van der Waals surface area contributed by atoms with Crippen molar-refractivity contribution in [2.45, 2.75) is 24.7 Å². The second-order valence-corrected chi connectivity index (χ2v) is 8.55. The molecule has 31 heavy (non-hydrogen) atoms. The number of hydrogen-bond acceptors (Lipinski definition) is 5. The predicted molar refractivity (Wildman–Crippen MR) is 118 cm³/mol. The molecule has 0 bridgehead atoms. The Morgan fingerprint density at radius 1 is 1.06 bits per heavy atom. The van der Waals surface area contributed by atoms with E-state index in [1.165, 1.54) is 12.1 Å². The molecule has 1 amide bonds. The molecule has 0 saturated carbocycles. The monoisotopic (exact) mass is 442 g/mol. The van der Waals surface area contributed by atoms with Crippen molar-refractivity contribution in [1.82, 2.24) is 19.8 Å². The molecule has 0 aliphatic carbocycles. The molecule has 2 aromatic carbocycles. The molecule has 0 atom stereocenters. The number of carbonyl (C=O) groups excluding carboxylic acids is 1. The topological polar surface area (TPSA) is 102 Å². The summed E-state index contributed by atoms with van der Waals surface area (Å²) < 4.78 is 34.2. The summed E-state index contributed by atoms with van der Waals surface area (Å²) in [6.45, 7) is 2.84. The molecule has 164 valence electrons. The first-order valence-electron chi connectivity index (χ1n) is 10.1. The van der Waals surface area contributed by atoms with Crippen LogP contribution >= 0.6 is 0 Å². The molecule has 0 aliphatic heterocycles. The SMILES string of the molecule is CCOc1ccc(S(=O)(=O)NCCC(=O)NCCc2cnn(-c3ccccc3)c2)cc1. The van der Waals surface area contributed by atoms with Gasteiger partial charge in [-0.2, -0.15) is 5.10 Å². The normalized spacial score (nSPS) is 11.3. The number of sulfonamides is 1. The Morgan fingerprint density at radius 3 is 2.52 bits per heavy atom. The van der Waals surface area contributed by atoms with Crippen LogP contribution in [0.4, 0.5) is 0 Å². The number of amides is 1. The van der Waals surface area contributed by atoms with Gasteiger partial charge in [-0.3, -0.25) is 4.79 Å². The summed E-state index contributed by atoms with van der Waals surface area (Å²) >= 11 is 0. The van der Waals surface area contributed by atoms with Crippen LogP contribution in [0.1, 0.15) is 18.9 Å². The van der Waals surface area contributed by atoms with Crippen LogP contribution < -0.4 is 14.8 Å². The molecule has 9 heteroatoms. The quantitative estimate of drug-likeness (QED) is 0.474. The number of para-hydroxylation sites is 1. The zero-order valence-corrected chi connectivity index (χ0v) is 18.1. The predicted octanol–water partition coefficient (Wildman–Crippen LogP) is 2.30. The van der Waals surface area contributed by atoms with Gasteiger partial charge in [0.25, 0.3) is 0 Å². The summed E-state index contributed by atoms with van der Waals surface area (Å²) in [6.07, 6.45) is 4.38. The van der Waals surface area contributed by atoms with Crippen LogP contribution in [-0.4, -0.2) is 43.8 Å². The van der Waals surface area contributed by atoms with Gasteiger partial charge in [-0.1, -0.05) is 18.2 Å². The van der Waals surface area contributed by atoms with E-state index >= 15 is 0 Å². The maximum atomic E-state index is 12.3. The average Bonchev–Trinajstić information content (AvgIpc) is 3.24. The molecule has 3 aromatic rings. The zero-order chi connectivity index (χ0) is 22.1. The van der Waals surface area contributed by atoms with Crippen molar-refractivity contribution in [2.75, 3.05) is 19.7 Å². The molecular formula is C22H26N4O4S. The van der Waals surface area contributed by atoms with E-state index in [-0.39, 0.29) is 23.8 Å². The van der Waals surface area contributed by atoms with Crippen LogP contribution in [0, 0.1) is 0 Å². The van der Waals surface area contributed by atoms with Crippen molar-refractivity contribution in [1.29, 1.82) is 0 Å². The number of nitrogens with zero attached hydrogens (tertiary/aromatic N) is 2. The highest BCUT2D eigenvalue weighted by molar-refractivity contribution is 7.89. The number of aromatic nitrogens is 2. The van der Waals surface area contributed by atoms with Gasteiger partial charge in [0.15, 0.2) is 0 Å². The summed E-state index contributed by atoms with van der Waals surface area (Å²) in [5, 5.41) is 7.13. The Hall–Kier alpha value is -3.17. The number of ether oxygens (including phenoxy) is 1. The van der Waals surface area contributed by atoms with Gasteiger partial charge < -0.3 is 10.1 Å². The minimum absolute atomic E-state index is 0.0211. The van der Waals surface area contributed by atoms with E-state index in [9.17, 15) is 13.2 Å². The van der Waals surface area contributed by atoms with Gasteiger partial charge in [-0.15, -0.1) is 0 Å². The number of benzene rings is 2. The van der Waals surface area contributed by atoms with Crippen molar-refractivity contribution in [3.05, 3.63) is 72.6 Å². The Morgan fingerprint density at radius 2 is 1.81 bits per heavy atom. The first kappa shape index (κ1) is 22.5. The first-order chi connectivity index (χ1) is 15.0. The standard InChI is InChI=1S/C22H26N4O4S/c1-2-30-20-8-10-21(11-9-20)31(28,29)25-15-13-22(27)23-14-12-18-16-24-26(17-18)19-6-4-3-5-7-19/h3-11,16-17,25H,2,12-15H2,1H3,(H,23,27). The van der Waals surface area contributed by atoms with E-state index in [0.29, 0.717) is 25.3 Å². The molecular weight excluding hydrogens is 416 g/mol. The smallest absolute Gasteiger partial charge is 0.240 e. The zero-order valence-electron chi connectivity index (χ0n) is 17.3. The number of hydrogen-bond donors (Lipinski definition) is 2. The van der Waals surface area contributed by atoms with E-state index in [2.05, 4.69) is 15.1 Å². The lowest BCUT2D eigenvalue weighted by Gasteiger charge is -2.08. The first-order valence-corrected chi connectivity index (χ1v) is 11.5. The minimum atomic E-state index is -3.67. The Bertz CT molecular complexity index is 1080. The molecule has 1 heterocycles. The van der Waals surface area contributed by atoms with Crippen LogP contribution in [-0.2, 0) is 21.2 Å². The van der Waals surface area contributed by atoms with Crippen LogP contribution in [0.2, 0.25) is 0 Å². The van der Waals surface area contributed by atoms with Crippen molar-refractivity contribution in [3.8, 4) is 11.4 Å². The highest BCUT2D eigenvalue weighted by atomic mass is 32.2. The lowest BCUT2D eigenvalue weighted by atomic mass is 10.2. The third kappa shape index (κ3) is 6.66.